The van der Waals surface area contributed by atoms with Gasteiger partial charge in [0.05, 0.1) is 0 Å². The summed E-state index contributed by atoms with van der Waals surface area (Å²) < 4.78 is 83.5. The molecule has 0 N–H and O–H groups in total. The van der Waals surface area contributed by atoms with Crippen LogP contribution in [0, 0.1) is 0 Å². The molecule has 0 fully saturated rings. The summed E-state index contributed by atoms with van der Waals surface area (Å²) in [5.74, 6) is -7.74. The molecule has 0 aromatic heterocycles. The normalized spacial score (nSPS) is 13.1. The smallest absolute Gasteiger partial charge is 0.455 e. The van der Waals surface area contributed by atoms with E-state index < -0.39 is 31.1 Å². The zero-order valence-corrected chi connectivity index (χ0v) is 6.25. The summed E-state index contributed by atoms with van der Waals surface area (Å²) in [7, 11) is 0. The number of rotatable bonds is 3. The average Bonchev–Trinajstić information content (AvgIpc) is 1.97. The van der Waals surface area contributed by atoms with Crippen molar-refractivity contribution in [2.75, 3.05) is 6.61 Å². The van der Waals surface area contributed by atoms with Crippen molar-refractivity contribution >= 4 is 5.97 Å². The van der Waals surface area contributed by atoms with E-state index in [-0.39, 0.29) is 0 Å². The van der Waals surface area contributed by atoms with Gasteiger partial charge in [-0.2, -0.15) is 30.7 Å². The number of carbonyl (C=O) groups excluding carboxylic acids is 1. The second-order valence-electron chi connectivity index (χ2n) is 2.11. The Balaban J connectivity index is 4.20. The maximum atomic E-state index is 11.9. The summed E-state index contributed by atoms with van der Waals surface area (Å²) >= 11 is 0. The van der Waals surface area contributed by atoms with Crippen molar-refractivity contribution < 1.29 is 40.3 Å². The van der Waals surface area contributed by atoms with E-state index in [2.05, 4.69) is 4.74 Å². The van der Waals surface area contributed by atoms with Gasteiger partial charge in [-0.15, -0.1) is 0 Å². The zero-order chi connectivity index (χ0) is 11.6. The van der Waals surface area contributed by atoms with Crippen molar-refractivity contribution in [1.82, 2.24) is 0 Å². The van der Waals surface area contributed by atoms with Gasteiger partial charge in [-0.05, 0) is 0 Å². The molecule has 0 saturated carbocycles. The molecule has 0 atom stereocenters. The highest BCUT2D eigenvalue weighted by Crippen LogP contribution is 2.35. The van der Waals surface area contributed by atoms with Gasteiger partial charge in [-0.1, -0.05) is 0 Å². The van der Waals surface area contributed by atoms with E-state index in [0.29, 0.717) is 0 Å². The lowest BCUT2D eigenvalue weighted by Crippen LogP contribution is -2.41. The summed E-state index contributed by atoms with van der Waals surface area (Å²) in [5, 5.41) is 0. The Morgan fingerprint density at radius 2 is 1.57 bits per heavy atom. The maximum Gasteiger partial charge on any atom is 0.456 e. The first kappa shape index (κ1) is 13.0. The lowest BCUT2D eigenvalue weighted by atomic mass is 10.3. The minimum Gasteiger partial charge on any atom is -0.455 e. The number of esters is 1. The summed E-state index contributed by atoms with van der Waals surface area (Å²) in [6.07, 6.45) is -9.67. The third-order valence-corrected chi connectivity index (χ3v) is 0.989. The first-order valence-electron chi connectivity index (χ1n) is 2.97. The minimum absolute atomic E-state index is 2.42. The Hall–Kier alpha value is -1.02. The van der Waals surface area contributed by atoms with Gasteiger partial charge in [0.25, 0.3) is 0 Å². The van der Waals surface area contributed by atoms with Crippen LogP contribution in [-0.4, -0.2) is 31.1 Å². The number of carbonyl (C=O) groups is 1. The number of alkyl halides is 7. The molecule has 84 valence electrons. The summed E-state index contributed by atoms with van der Waals surface area (Å²) in [4.78, 5) is 9.84. The van der Waals surface area contributed by atoms with Crippen molar-refractivity contribution in [3.63, 3.8) is 0 Å². The molecule has 2 nitrogen and oxygen atoms in total. The van der Waals surface area contributed by atoms with Gasteiger partial charge >= 0.3 is 24.5 Å². The lowest BCUT2D eigenvalue weighted by molar-refractivity contribution is -0.294. The van der Waals surface area contributed by atoms with Crippen LogP contribution in [0.2, 0.25) is 0 Å². The van der Waals surface area contributed by atoms with Crippen LogP contribution in [0.3, 0.4) is 0 Å². The van der Waals surface area contributed by atoms with E-state index in [0.717, 1.165) is 0 Å². The Bertz CT molecular complexity index is 209. The molecule has 0 unspecified atom stereocenters. The number of hydrogen-bond donors (Lipinski definition) is 0. The van der Waals surface area contributed by atoms with Gasteiger partial charge in [0.1, 0.15) is 0 Å². The molecule has 0 aromatic carbocycles. The molecule has 0 saturated heterocycles. The maximum absolute atomic E-state index is 11.9. The average molecular weight is 228 g/mol. The Labute approximate surface area is 72.6 Å². The van der Waals surface area contributed by atoms with E-state index in [1.165, 1.54) is 0 Å². The first-order chi connectivity index (χ1) is 6.08. The van der Waals surface area contributed by atoms with Crippen LogP contribution in [0.5, 0.6) is 0 Å². The second-order valence-corrected chi connectivity index (χ2v) is 2.11. The third-order valence-electron chi connectivity index (χ3n) is 0.989. The molecule has 0 aromatic rings. The van der Waals surface area contributed by atoms with Crippen molar-refractivity contribution in [3.05, 3.63) is 0 Å². The predicted molar refractivity (Wildman–Crippen MR) is 28.0 cm³/mol. The molecule has 0 aliphatic rings. The van der Waals surface area contributed by atoms with Gasteiger partial charge in [-0.25, -0.2) is 4.79 Å². The quantitative estimate of drug-likeness (QED) is 0.545. The molecule has 0 heterocycles. The van der Waals surface area contributed by atoms with Gasteiger partial charge < -0.3 is 4.74 Å². The van der Waals surface area contributed by atoms with Gasteiger partial charge in [0.15, 0.2) is 6.61 Å². The van der Waals surface area contributed by atoms with Crippen LogP contribution in [0.15, 0.2) is 0 Å². The van der Waals surface area contributed by atoms with Crippen molar-refractivity contribution in [1.29, 1.82) is 0 Å². The highest BCUT2D eigenvalue weighted by atomic mass is 19.4. The molecular formula is C5H3F7O2. The van der Waals surface area contributed by atoms with E-state index >= 15 is 0 Å². The van der Waals surface area contributed by atoms with Crippen molar-refractivity contribution in [2.45, 2.75) is 18.5 Å². The fourth-order valence-electron chi connectivity index (χ4n) is 0.307. The Kier molecular flexibility index (Phi) is 3.72. The topological polar surface area (TPSA) is 26.3 Å². The van der Waals surface area contributed by atoms with Crippen LogP contribution in [0.25, 0.3) is 0 Å². The van der Waals surface area contributed by atoms with Crippen molar-refractivity contribution in [3.8, 4) is 0 Å². The summed E-state index contributed by atoms with van der Waals surface area (Å²) in [5.41, 5.74) is 0. The number of halogens is 7. The molecule has 0 spiro atoms. The molecule has 0 bridgehead atoms. The Morgan fingerprint density at radius 3 is 1.86 bits per heavy atom. The van der Waals surface area contributed by atoms with Gasteiger partial charge in [0, 0.05) is 0 Å². The molecule has 0 rings (SSSR count). The highest BCUT2D eigenvalue weighted by molar-refractivity contribution is 5.72. The van der Waals surface area contributed by atoms with E-state index in [1.54, 1.807) is 0 Å². The molecule has 0 amide bonds. The van der Waals surface area contributed by atoms with Gasteiger partial charge in [-0.3, -0.25) is 0 Å². The molecule has 14 heavy (non-hydrogen) atoms. The highest BCUT2D eigenvalue weighted by Gasteiger charge is 2.58. The van der Waals surface area contributed by atoms with E-state index in [4.69, 9.17) is 0 Å². The molecular weight excluding hydrogens is 225 g/mol. The van der Waals surface area contributed by atoms with E-state index in [9.17, 15) is 35.5 Å². The number of hydrogen-bond acceptors (Lipinski definition) is 2. The monoisotopic (exact) mass is 228 g/mol. The third kappa shape index (κ3) is 3.38. The van der Waals surface area contributed by atoms with Crippen LogP contribution >= 0.6 is 0 Å². The lowest BCUT2D eigenvalue weighted by Gasteiger charge is -2.18. The van der Waals surface area contributed by atoms with Crippen molar-refractivity contribution in [2.24, 2.45) is 0 Å². The van der Waals surface area contributed by atoms with Crippen LogP contribution in [0.1, 0.15) is 0 Å². The first-order valence-corrected chi connectivity index (χ1v) is 2.97. The van der Waals surface area contributed by atoms with Crippen LogP contribution in [0.4, 0.5) is 30.7 Å². The zero-order valence-electron chi connectivity index (χ0n) is 6.25. The summed E-state index contributed by atoms with van der Waals surface area (Å²) in [6, 6.07) is 0. The molecule has 0 aliphatic carbocycles. The minimum atomic E-state index is -5.94. The predicted octanol–water partition coefficient (Wildman–Crippen LogP) is 1.99. The van der Waals surface area contributed by atoms with Crippen LogP contribution in [-0.2, 0) is 9.53 Å². The fraction of sp³-hybridized carbons (Fsp3) is 0.800. The summed E-state index contributed by atoms with van der Waals surface area (Å²) in [6.45, 7) is -2.44. The Morgan fingerprint density at radius 1 is 1.14 bits per heavy atom. The fourth-order valence-corrected chi connectivity index (χ4v) is 0.307. The standard InChI is InChI=1S/C5H3F7O2/c6-2(7)3(13)14-1-4(8,9)5(10,11)12/h2H,1H2. The van der Waals surface area contributed by atoms with Gasteiger partial charge in [0.2, 0.25) is 0 Å². The molecule has 9 heteroatoms. The van der Waals surface area contributed by atoms with Crippen LogP contribution < -0.4 is 0 Å². The molecule has 0 radical (unpaired) electrons. The second kappa shape index (κ2) is 4.01. The molecule has 0 aliphatic heterocycles. The SMILES string of the molecule is O=C(OCC(F)(F)C(F)(F)F)C(F)F. The largest absolute Gasteiger partial charge is 0.456 e. The van der Waals surface area contributed by atoms with E-state index in [1.807, 2.05) is 0 Å². The number of ether oxygens (including phenoxy) is 1.